The van der Waals surface area contributed by atoms with Gasteiger partial charge in [0.2, 0.25) is 0 Å². The molecule has 172 valence electrons. The summed E-state index contributed by atoms with van der Waals surface area (Å²) >= 11 is 0. The predicted molar refractivity (Wildman–Crippen MR) is 99.2 cm³/mol. The van der Waals surface area contributed by atoms with Crippen LogP contribution in [0.2, 0.25) is 0 Å². The predicted octanol–water partition coefficient (Wildman–Crippen LogP) is 3.69. The molecule has 11 heteroatoms. The Bertz CT molecular complexity index is 816. The summed E-state index contributed by atoms with van der Waals surface area (Å²) in [4.78, 5) is 24.3. The molecule has 0 heterocycles. The van der Waals surface area contributed by atoms with Crippen molar-refractivity contribution in [2.75, 3.05) is 0 Å². The van der Waals surface area contributed by atoms with Gasteiger partial charge in [-0.1, -0.05) is 6.92 Å². The van der Waals surface area contributed by atoms with Crippen LogP contribution in [-0.4, -0.2) is 47.2 Å². The number of ether oxygens (including phenoxy) is 3. The van der Waals surface area contributed by atoms with Gasteiger partial charge in [0.05, 0.1) is 0 Å². The summed E-state index contributed by atoms with van der Waals surface area (Å²) in [6.07, 6.45) is 1.80. The molecule has 30 heavy (non-hydrogen) atoms. The van der Waals surface area contributed by atoms with E-state index < -0.39 is 44.3 Å². The minimum Gasteiger partial charge on any atom is -0.453 e. The molecule has 4 aliphatic rings. The summed E-state index contributed by atoms with van der Waals surface area (Å²) in [5.74, 6) is -2.86. The second kappa shape index (κ2) is 7.01. The van der Waals surface area contributed by atoms with Crippen LogP contribution in [0.4, 0.5) is 13.6 Å². The zero-order chi connectivity index (χ0) is 22.8. The highest BCUT2D eigenvalue weighted by Crippen LogP contribution is 2.63. The Morgan fingerprint density at radius 3 is 2.03 bits per heavy atom. The highest BCUT2D eigenvalue weighted by molar-refractivity contribution is 7.87. The minimum atomic E-state index is -5.95. The van der Waals surface area contributed by atoms with Gasteiger partial charge in [-0.15, -0.1) is 0 Å². The maximum atomic E-state index is 13.9. The minimum absolute atomic E-state index is 0.172. The molecule has 0 aromatic carbocycles. The van der Waals surface area contributed by atoms with E-state index in [-0.39, 0.29) is 24.2 Å². The van der Waals surface area contributed by atoms with Gasteiger partial charge in [-0.25, -0.2) is 9.59 Å². The van der Waals surface area contributed by atoms with Gasteiger partial charge in [-0.3, -0.25) is 4.55 Å². The van der Waals surface area contributed by atoms with Crippen molar-refractivity contribution < 1.29 is 45.6 Å². The van der Waals surface area contributed by atoms with E-state index in [9.17, 15) is 26.8 Å². The summed E-state index contributed by atoms with van der Waals surface area (Å²) in [5, 5.41) is -5.05. The SMILES string of the molecule is CCC1(OC(=O)C(F)(F)S(=O)(=O)O)C2CC3CC1CC(OC(=O)OC(C)(C)C)(C3)C2. The van der Waals surface area contributed by atoms with E-state index >= 15 is 0 Å². The van der Waals surface area contributed by atoms with Crippen LogP contribution in [0.25, 0.3) is 0 Å². The third-order valence-electron chi connectivity index (χ3n) is 6.60. The lowest BCUT2D eigenvalue weighted by molar-refractivity contribution is -0.252. The Hall–Kier alpha value is -1.49. The molecule has 4 fully saturated rings. The third kappa shape index (κ3) is 3.90. The molecule has 8 nitrogen and oxygen atoms in total. The van der Waals surface area contributed by atoms with Gasteiger partial charge in [-0.05, 0) is 65.2 Å². The third-order valence-corrected chi connectivity index (χ3v) is 7.42. The molecule has 0 aromatic heterocycles. The highest BCUT2D eigenvalue weighted by Gasteiger charge is 2.67. The molecule has 0 radical (unpaired) electrons. The number of hydrogen-bond acceptors (Lipinski definition) is 7. The molecule has 0 saturated heterocycles. The maximum absolute atomic E-state index is 13.9. The number of hydrogen-bond donors (Lipinski definition) is 1. The molecule has 2 unspecified atom stereocenters. The summed E-state index contributed by atoms with van der Waals surface area (Å²) in [5.41, 5.74) is -2.86. The van der Waals surface area contributed by atoms with Gasteiger partial charge < -0.3 is 14.2 Å². The van der Waals surface area contributed by atoms with Crippen LogP contribution in [0.15, 0.2) is 0 Å². The molecule has 0 amide bonds. The number of carbonyl (C=O) groups is 2. The van der Waals surface area contributed by atoms with Crippen molar-refractivity contribution in [1.29, 1.82) is 0 Å². The largest absolute Gasteiger partial charge is 0.509 e. The van der Waals surface area contributed by atoms with Crippen molar-refractivity contribution in [3.63, 3.8) is 0 Å². The molecule has 0 aliphatic heterocycles. The summed E-state index contributed by atoms with van der Waals surface area (Å²) in [6, 6.07) is 0. The number of rotatable bonds is 5. The van der Waals surface area contributed by atoms with Gasteiger partial charge in [0.1, 0.15) is 16.8 Å². The molecule has 4 bridgehead atoms. The first-order valence-corrected chi connectivity index (χ1v) is 11.5. The zero-order valence-electron chi connectivity index (χ0n) is 17.4. The van der Waals surface area contributed by atoms with E-state index in [1.54, 1.807) is 27.7 Å². The van der Waals surface area contributed by atoms with Gasteiger partial charge in [0, 0.05) is 11.8 Å². The Morgan fingerprint density at radius 1 is 1.07 bits per heavy atom. The lowest BCUT2D eigenvalue weighted by Gasteiger charge is -2.63. The maximum Gasteiger partial charge on any atom is 0.509 e. The number of carbonyl (C=O) groups excluding carboxylic acids is 2. The van der Waals surface area contributed by atoms with Crippen molar-refractivity contribution in [3.8, 4) is 0 Å². The average molecular weight is 454 g/mol. The monoisotopic (exact) mass is 454 g/mol. The molecule has 1 N–H and O–H groups in total. The average Bonchev–Trinajstić information content (AvgIpc) is 2.54. The van der Waals surface area contributed by atoms with Gasteiger partial charge in [0.15, 0.2) is 0 Å². The van der Waals surface area contributed by atoms with E-state index in [0.29, 0.717) is 32.1 Å². The Morgan fingerprint density at radius 2 is 1.60 bits per heavy atom. The molecule has 4 rings (SSSR count). The van der Waals surface area contributed by atoms with Crippen molar-refractivity contribution in [2.24, 2.45) is 17.8 Å². The van der Waals surface area contributed by atoms with Crippen LogP contribution in [-0.2, 0) is 29.1 Å². The molecule has 2 atom stereocenters. The van der Waals surface area contributed by atoms with E-state index in [1.807, 2.05) is 0 Å². The number of halogens is 2. The van der Waals surface area contributed by atoms with Gasteiger partial charge >= 0.3 is 27.5 Å². The molecule has 4 saturated carbocycles. The normalized spacial score (nSPS) is 35.8. The summed E-state index contributed by atoms with van der Waals surface area (Å²) < 4.78 is 74.5. The summed E-state index contributed by atoms with van der Waals surface area (Å²) in [7, 11) is -5.95. The van der Waals surface area contributed by atoms with Crippen molar-refractivity contribution in [1.82, 2.24) is 0 Å². The fraction of sp³-hybridized carbons (Fsp3) is 0.895. The first-order chi connectivity index (χ1) is 13.5. The van der Waals surface area contributed by atoms with Crippen molar-refractivity contribution in [2.45, 2.75) is 88.3 Å². The van der Waals surface area contributed by atoms with Crippen LogP contribution in [0.1, 0.15) is 66.2 Å². The first kappa shape index (κ1) is 23.2. The molecular formula is C19H28F2O8S. The fourth-order valence-corrected chi connectivity index (χ4v) is 5.96. The van der Waals surface area contributed by atoms with E-state index in [4.69, 9.17) is 18.8 Å². The fourth-order valence-electron chi connectivity index (χ4n) is 5.71. The Kier molecular flexibility index (Phi) is 5.42. The summed E-state index contributed by atoms with van der Waals surface area (Å²) in [6.45, 7) is 6.82. The number of alkyl halides is 2. The lowest BCUT2D eigenvalue weighted by Crippen LogP contribution is -2.66. The second-order valence-corrected chi connectivity index (χ2v) is 11.2. The van der Waals surface area contributed by atoms with Gasteiger partial charge in [0.25, 0.3) is 0 Å². The van der Waals surface area contributed by atoms with E-state index in [1.165, 1.54) is 0 Å². The Labute approximate surface area is 174 Å². The molecule has 0 spiro atoms. The van der Waals surface area contributed by atoms with Crippen LogP contribution in [0.3, 0.4) is 0 Å². The first-order valence-electron chi connectivity index (χ1n) is 10.0. The zero-order valence-corrected chi connectivity index (χ0v) is 18.3. The quantitative estimate of drug-likeness (QED) is 0.494. The topological polar surface area (TPSA) is 116 Å². The Balaban J connectivity index is 1.83. The second-order valence-electron chi connectivity index (χ2n) is 9.78. The van der Waals surface area contributed by atoms with Crippen LogP contribution >= 0.6 is 0 Å². The van der Waals surface area contributed by atoms with E-state index in [2.05, 4.69) is 0 Å². The van der Waals surface area contributed by atoms with E-state index in [0.717, 1.165) is 0 Å². The van der Waals surface area contributed by atoms with Crippen LogP contribution in [0.5, 0.6) is 0 Å². The van der Waals surface area contributed by atoms with Crippen molar-refractivity contribution in [3.05, 3.63) is 0 Å². The number of esters is 1. The standard InChI is InChI=1S/C19H28F2O8S/c1-5-18(27-14(22)19(20,21)30(24,25)26)12-6-11-7-13(18)10-17(8-11,9-12)29-15(23)28-16(2,3)4/h11-13H,5-10H2,1-4H3,(H,24,25,26). The molecule has 0 aromatic rings. The van der Waals surface area contributed by atoms with Crippen LogP contribution < -0.4 is 0 Å². The lowest BCUT2D eigenvalue weighted by atomic mass is 9.47. The van der Waals surface area contributed by atoms with Gasteiger partial charge in [-0.2, -0.15) is 17.2 Å². The smallest absolute Gasteiger partial charge is 0.453 e. The molecular weight excluding hydrogens is 426 g/mol. The highest BCUT2D eigenvalue weighted by atomic mass is 32.2. The van der Waals surface area contributed by atoms with Crippen molar-refractivity contribution >= 4 is 22.2 Å². The molecule has 4 aliphatic carbocycles. The van der Waals surface area contributed by atoms with Crippen LogP contribution in [0, 0.1) is 17.8 Å².